The summed E-state index contributed by atoms with van der Waals surface area (Å²) in [6.45, 7) is 7.59. The summed E-state index contributed by atoms with van der Waals surface area (Å²) in [7, 11) is 0. The van der Waals surface area contributed by atoms with E-state index in [1.54, 1.807) is 0 Å². The fourth-order valence-electron chi connectivity index (χ4n) is 2.58. The Morgan fingerprint density at radius 1 is 1.26 bits per heavy atom. The molecule has 0 aliphatic carbocycles. The number of likely N-dealkylation sites (N-methyl/N-ethyl adjacent to an activating group) is 1. The van der Waals surface area contributed by atoms with Crippen LogP contribution in [0, 0.1) is 0 Å². The number of hydrogen-bond acceptors (Lipinski definition) is 4. The van der Waals surface area contributed by atoms with Gasteiger partial charge in [-0.05, 0) is 30.7 Å². The molecule has 1 heterocycles. The van der Waals surface area contributed by atoms with Gasteiger partial charge in [0.15, 0.2) is 0 Å². The molecule has 2 rings (SSSR count). The Hall–Kier alpha value is -1.55. The Labute approximate surface area is 115 Å². The number of benzene rings is 1. The van der Waals surface area contributed by atoms with Crippen LogP contribution in [-0.4, -0.2) is 43.9 Å². The van der Waals surface area contributed by atoms with E-state index >= 15 is 0 Å². The molecule has 104 valence electrons. The van der Waals surface area contributed by atoms with Crippen LogP contribution < -0.4 is 10.6 Å². The van der Waals surface area contributed by atoms with Gasteiger partial charge in [-0.1, -0.05) is 13.0 Å². The molecule has 0 bridgehead atoms. The largest absolute Gasteiger partial charge is 0.397 e. The van der Waals surface area contributed by atoms with E-state index in [0.717, 1.165) is 62.4 Å². The molecular weight excluding hydrogens is 238 g/mol. The van der Waals surface area contributed by atoms with Crippen molar-refractivity contribution in [2.24, 2.45) is 0 Å². The van der Waals surface area contributed by atoms with E-state index < -0.39 is 0 Å². The van der Waals surface area contributed by atoms with Gasteiger partial charge in [-0.3, -0.25) is 0 Å². The van der Waals surface area contributed by atoms with Crippen LogP contribution in [0.25, 0.3) is 0 Å². The Bertz CT molecular complexity index is 425. The first kappa shape index (κ1) is 13.9. The molecule has 1 aromatic carbocycles. The number of aryl methyl sites for hydroxylation is 1. The summed E-state index contributed by atoms with van der Waals surface area (Å²) < 4.78 is 0. The lowest BCUT2D eigenvalue weighted by atomic mass is 10.1. The highest BCUT2D eigenvalue weighted by Gasteiger charge is 2.17. The Kier molecular flexibility index (Phi) is 4.80. The van der Waals surface area contributed by atoms with E-state index in [0.29, 0.717) is 6.42 Å². The van der Waals surface area contributed by atoms with Crippen molar-refractivity contribution < 1.29 is 4.79 Å². The highest BCUT2D eigenvalue weighted by atomic mass is 16.1. The van der Waals surface area contributed by atoms with E-state index in [1.807, 2.05) is 6.07 Å². The third-order valence-corrected chi connectivity index (χ3v) is 3.80. The number of nitrogens with two attached hydrogens (primary N) is 1. The normalized spacial score (nSPS) is 16.6. The van der Waals surface area contributed by atoms with Crippen molar-refractivity contribution in [2.75, 3.05) is 43.4 Å². The van der Waals surface area contributed by atoms with Crippen LogP contribution in [0.15, 0.2) is 18.2 Å². The van der Waals surface area contributed by atoms with Gasteiger partial charge in [0.25, 0.3) is 0 Å². The van der Waals surface area contributed by atoms with Gasteiger partial charge in [0.1, 0.15) is 6.29 Å². The van der Waals surface area contributed by atoms with Gasteiger partial charge in [0.2, 0.25) is 0 Å². The van der Waals surface area contributed by atoms with E-state index in [9.17, 15) is 4.79 Å². The van der Waals surface area contributed by atoms with Crippen LogP contribution in [0.3, 0.4) is 0 Å². The third kappa shape index (κ3) is 3.47. The van der Waals surface area contributed by atoms with E-state index in [2.05, 4.69) is 28.9 Å². The van der Waals surface area contributed by atoms with Gasteiger partial charge in [0, 0.05) is 32.6 Å². The number of rotatable bonds is 5. The maximum atomic E-state index is 10.4. The molecule has 4 heteroatoms. The van der Waals surface area contributed by atoms with Crippen molar-refractivity contribution >= 4 is 17.7 Å². The minimum atomic E-state index is 0.563. The molecule has 1 aliphatic heterocycles. The van der Waals surface area contributed by atoms with Crippen molar-refractivity contribution in [1.82, 2.24) is 4.90 Å². The fourth-order valence-corrected chi connectivity index (χ4v) is 2.58. The van der Waals surface area contributed by atoms with Gasteiger partial charge in [-0.15, -0.1) is 0 Å². The molecule has 4 nitrogen and oxygen atoms in total. The molecule has 1 saturated heterocycles. The van der Waals surface area contributed by atoms with Gasteiger partial charge in [0.05, 0.1) is 11.4 Å². The second kappa shape index (κ2) is 6.57. The standard InChI is InChI=1S/C15H23N3O/c1-2-17-7-9-18(10-8-17)15-6-5-13(4-3-11-19)12-14(15)16/h5-6,11-12H,2-4,7-10,16H2,1H3. The second-order valence-corrected chi connectivity index (χ2v) is 5.02. The predicted molar refractivity (Wildman–Crippen MR) is 79.6 cm³/mol. The average molecular weight is 261 g/mol. The van der Waals surface area contributed by atoms with Gasteiger partial charge < -0.3 is 20.3 Å². The number of nitrogens with zero attached hydrogens (tertiary/aromatic N) is 2. The molecule has 1 aromatic rings. The van der Waals surface area contributed by atoms with Crippen molar-refractivity contribution in [3.63, 3.8) is 0 Å². The minimum Gasteiger partial charge on any atom is -0.397 e. The molecule has 0 aromatic heterocycles. The van der Waals surface area contributed by atoms with Crippen molar-refractivity contribution in [1.29, 1.82) is 0 Å². The van der Waals surface area contributed by atoms with Crippen LogP contribution in [0.2, 0.25) is 0 Å². The first-order valence-corrected chi connectivity index (χ1v) is 7.04. The van der Waals surface area contributed by atoms with Gasteiger partial charge in [-0.2, -0.15) is 0 Å². The zero-order chi connectivity index (χ0) is 13.7. The van der Waals surface area contributed by atoms with E-state index in [-0.39, 0.29) is 0 Å². The first-order chi connectivity index (χ1) is 9.24. The zero-order valence-electron chi connectivity index (χ0n) is 11.6. The molecule has 0 radical (unpaired) electrons. The van der Waals surface area contributed by atoms with Gasteiger partial charge in [-0.25, -0.2) is 0 Å². The SMILES string of the molecule is CCN1CCN(c2ccc(CCC=O)cc2N)CC1. The quantitative estimate of drug-likeness (QED) is 0.645. The molecule has 0 amide bonds. The summed E-state index contributed by atoms with van der Waals surface area (Å²) >= 11 is 0. The maximum Gasteiger partial charge on any atom is 0.120 e. The number of hydrogen-bond donors (Lipinski definition) is 1. The topological polar surface area (TPSA) is 49.6 Å². The maximum absolute atomic E-state index is 10.4. The van der Waals surface area contributed by atoms with Gasteiger partial charge >= 0.3 is 0 Å². The first-order valence-electron chi connectivity index (χ1n) is 7.04. The minimum absolute atomic E-state index is 0.563. The Morgan fingerprint density at radius 2 is 2.00 bits per heavy atom. The number of anilines is 2. The number of piperazine rings is 1. The Morgan fingerprint density at radius 3 is 2.58 bits per heavy atom. The molecule has 1 aliphatic rings. The molecule has 2 N–H and O–H groups in total. The molecular formula is C15H23N3O. The molecule has 1 fully saturated rings. The average Bonchev–Trinajstić information content (AvgIpc) is 2.45. The van der Waals surface area contributed by atoms with Crippen LogP contribution in [-0.2, 0) is 11.2 Å². The van der Waals surface area contributed by atoms with Crippen LogP contribution >= 0.6 is 0 Å². The summed E-state index contributed by atoms with van der Waals surface area (Å²) in [6, 6.07) is 6.18. The van der Waals surface area contributed by atoms with Crippen LogP contribution in [0.5, 0.6) is 0 Å². The third-order valence-electron chi connectivity index (χ3n) is 3.80. The summed E-state index contributed by atoms with van der Waals surface area (Å²) in [4.78, 5) is 15.2. The molecule has 0 atom stereocenters. The van der Waals surface area contributed by atoms with Crippen molar-refractivity contribution in [3.05, 3.63) is 23.8 Å². The lowest BCUT2D eigenvalue weighted by molar-refractivity contribution is -0.107. The highest BCUT2D eigenvalue weighted by molar-refractivity contribution is 5.69. The zero-order valence-corrected chi connectivity index (χ0v) is 11.6. The number of carbonyl (C=O) groups excluding carboxylic acids is 1. The lowest BCUT2D eigenvalue weighted by Gasteiger charge is -2.36. The Balaban J connectivity index is 2.02. The smallest absolute Gasteiger partial charge is 0.120 e. The molecule has 19 heavy (non-hydrogen) atoms. The summed E-state index contributed by atoms with van der Waals surface area (Å²) in [5.74, 6) is 0. The van der Waals surface area contributed by atoms with Crippen molar-refractivity contribution in [2.45, 2.75) is 19.8 Å². The summed E-state index contributed by atoms with van der Waals surface area (Å²) in [5.41, 5.74) is 9.24. The highest BCUT2D eigenvalue weighted by Crippen LogP contribution is 2.25. The fraction of sp³-hybridized carbons (Fsp3) is 0.533. The van der Waals surface area contributed by atoms with E-state index in [4.69, 9.17) is 5.73 Å². The van der Waals surface area contributed by atoms with Crippen LogP contribution in [0.4, 0.5) is 11.4 Å². The van der Waals surface area contributed by atoms with Crippen LogP contribution in [0.1, 0.15) is 18.9 Å². The lowest BCUT2D eigenvalue weighted by Crippen LogP contribution is -2.46. The number of aldehydes is 1. The summed E-state index contributed by atoms with van der Waals surface area (Å²) in [5, 5.41) is 0. The summed E-state index contributed by atoms with van der Waals surface area (Å²) in [6.07, 6.45) is 2.29. The monoisotopic (exact) mass is 261 g/mol. The molecule has 0 unspecified atom stereocenters. The van der Waals surface area contributed by atoms with Crippen molar-refractivity contribution in [3.8, 4) is 0 Å². The number of nitrogen functional groups attached to an aromatic ring is 1. The predicted octanol–water partition coefficient (Wildman–Crippen LogP) is 1.54. The number of carbonyl (C=O) groups is 1. The molecule has 0 spiro atoms. The molecule has 0 saturated carbocycles. The van der Waals surface area contributed by atoms with E-state index in [1.165, 1.54) is 0 Å². The second-order valence-electron chi connectivity index (χ2n) is 5.02.